The molecule has 0 radical (unpaired) electrons. The molecule has 7 heteroatoms. The number of carbonyl (C=O) groups is 1. The van der Waals surface area contributed by atoms with E-state index in [1.807, 2.05) is 42.5 Å². The summed E-state index contributed by atoms with van der Waals surface area (Å²) in [7, 11) is 1.34. The lowest BCUT2D eigenvalue weighted by atomic mass is 10.1. The Hall–Kier alpha value is -3.45. The first-order valence-electron chi connectivity index (χ1n) is 10.1. The first-order valence-corrected chi connectivity index (χ1v) is 10.9. The number of benzene rings is 3. The van der Waals surface area contributed by atoms with Crippen molar-refractivity contribution < 1.29 is 14.3 Å². The van der Waals surface area contributed by atoms with Gasteiger partial charge in [0.1, 0.15) is 17.1 Å². The molecule has 0 saturated heterocycles. The summed E-state index contributed by atoms with van der Waals surface area (Å²) in [5.41, 5.74) is 1.79. The van der Waals surface area contributed by atoms with E-state index in [2.05, 4.69) is 15.9 Å². The van der Waals surface area contributed by atoms with Crippen LogP contribution in [0.5, 0.6) is 5.75 Å². The summed E-state index contributed by atoms with van der Waals surface area (Å²) in [6.07, 6.45) is 0.555. The van der Waals surface area contributed by atoms with E-state index in [0.717, 1.165) is 10.0 Å². The van der Waals surface area contributed by atoms with Crippen LogP contribution >= 0.6 is 15.9 Å². The van der Waals surface area contributed by atoms with Crippen molar-refractivity contribution in [1.29, 1.82) is 0 Å². The van der Waals surface area contributed by atoms with Gasteiger partial charge in [0.05, 0.1) is 24.6 Å². The molecule has 32 heavy (non-hydrogen) atoms. The molecule has 0 aliphatic heterocycles. The molecule has 0 amide bonds. The van der Waals surface area contributed by atoms with Crippen molar-refractivity contribution in [3.63, 3.8) is 0 Å². The molecule has 162 valence electrons. The number of fused-ring (bicyclic) bond motifs is 1. The number of hydrogen-bond acceptors (Lipinski definition) is 5. The van der Waals surface area contributed by atoms with Crippen molar-refractivity contribution in [2.24, 2.45) is 0 Å². The van der Waals surface area contributed by atoms with Gasteiger partial charge in [0.25, 0.3) is 5.56 Å². The van der Waals surface area contributed by atoms with Gasteiger partial charge in [0.15, 0.2) is 0 Å². The van der Waals surface area contributed by atoms with Gasteiger partial charge < -0.3 is 9.47 Å². The average molecular weight is 493 g/mol. The molecule has 1 heterocycles. The molecule has 0 aliphatic rings. The zero-order valence-corrected chi connectivity index (χ0v) is 19.0. The molecule has 0 aliphatic carbocycles. The lowest BCUT2D eigenvalue weighted by Gasteiger charge is -2.15. The largest absolute Gasteiger partial charge is 0.493 e. The Morgan fingerprint density at radius 3 is 2.50 bits per heavy atom. The van der Waals surface area contributed by atoms with Crippen molar-refractivity contribution in [3.8, 4) is 17.1 Å². The molecule has 1 aromatic heterocycles. The van der Waals surface area contributed by atoms with Gasteiger partial charge >= 0.3 is 5.97 Å². The minimum absolute atomic E-state index is 0.0940. The highest BCUT2D eigenvalue weighted by molar-refractivity contribution is 9.10. The average Bonchev–Trinajstić information content (AvgIpc) is 2.83. The quantitative estimate of drug-likeness (QED) is 0.265. The normalized spacial score (nSPS) is 10.8. The van der Waals surface area contributed by atoms with Crippen LogP contribution in [0.1, 0.15) is 16.8 Å². The van der Waals surface area contributed by atoms with Crippen LogP contribution in [0.2, 0.25) is 0 Å². The van der Waals surface area contributed by atoms with Gasteiger partial charge in [-0.2, -0.15) is 0 Å². The summed E-state index contributed by atoms with van der Waals surface area (Å²) in [5, 5.41) is 0.574. The highest BCUT2D eigenvalue weighted by Crippen LogP contribution is 2.22. The van der Waals surface area contributed by atoms with Gasteiger partial charge in [-0.05, 0) is 42.8 Å². The minimum Gasteiger partial charge on any atom is -0.493 e. The second-order valence-electron chi connectivity index (χ2n) is 7.11. The Bertz CT molecular complexity index is 1320. The maximum absolute atomic E-state index is 13.2. The molecular formula is C25H21BrN2O4. The fourth-order valence-corrected chi connectivity index (χ4v) is 3.74. The van der Waals surface area contributed by atoms with Crippen LogP contribution in [0.3, 0.4) is 0 Å². The van der Waals surface area contributed by atoms with Gasteiger partial charge in [0.2, 0.25) is 0 Å². The molecule has 3 aromatic carbocycles. The van der Waals surface area contributed by atoms with E-state index in [4.69, 9.17) is 14.5 Å². The van der Waals surface area contributed by atoms with E-state index in [0.29, 0.717) is 47.6 Å². The molecule has 4 rings (SSSR count). The highest BCUT2D eigenvalue weighted by Gasteiger charge is 2.14. The molecule has 0 bridgehead atoms. The lowest BCUT2D eigenvalue weighted by Crippen LogP contribution is -2.24. The first-order chi connectivity index (χ1) is 15.6. The van der Waals surface area contributed by atoms with Gasteiger partial charge in [-0.1, -0.05) is 52.3 Å². The van der Waals surface area contributed by atoms with Crippen molar-refractivity contribution in [2.45, 2.75) is 13.0 Å². The Morgan fingerprint density at radius 2 is 1.72 bits per heavy atom. The number of halogens is 1. The van der Waals surface area contributed by atoms with Gasteiger partial charge in [-0.15, -0.1) is 0 Å². The Morgan fingerprint density at radius 1 is 1.00 bits per heavy atom. The Labute approximate surface area is 193 Å². The number of aromatic nitrogens is 2. The van der Waals surface area contributed by atoms with E-state index in [1.54, 1.807) is 34.9 Å². The van der Waals surface area contributed by atoms with E-state index >= 15 is 0 Å². The maximum atomic E-state index is 13.2. The molecule has 4 aromatic rings. The number of esters is 1. The zero-order valence-electron chi connectivity index (χ0n) is 17.5. The number of hydrogen-bond donors (Lipinski definition) is 0. The van der Waals surface area contributed by atoms with Crippen LogP contribution in [-0.2, 0) is 11.3 Å². The lowest BCUT2D eigenvalue weighted by molar-refractivity contribution is 0.0596. The molecular weight excluding hydrogens is 472 g/mol. The van der Waals surface area contributed by atoms with Crippen LogP contribution < -0.4 is 10.3 Å². The van der Waals surface area contributed by atoms with Gasteiger partial charge in [-0.25, -0.2) is 9.78 Å². The van der Waals surface area contributed by atoms with E-state index in [1.165, 1.54) is 7.11 Å². The molecule has 0 atom stereocenters. The third kappa shape index (κ3) is 4.57. The topological polar surface area (TPSA) is 70.4 Å². The second kappa shape index (κ2) is 9.78. The third-order valence-electron chi connectivity index (χ3n) is 5.04. The number of methoxy groups -OCH3 is 1. The number of nitrogens with zero attached hydrogens (tertiary/aromatic N) is 2. The smallest absolute Gasteiger partial charge is 0.341 e. The number of ether oxygens (including phenoxy) is 2. The fourth-order valence-electron chi connectivity index (χ4n) is 3.47. The monoisotopic (exact) mass is 492 g/mol. The standard InChI is InChI=1S/C25H21BrN2O4/c1-31-25(30)20-8-3-5-10-22(20)32-16-6-15-28-23(17-11-13-18(26)14-12-17)27-21-9-4-2-7-19(21)24(28)29/h2-5,7-14H,6,15-16H2,1H3. The number of para-hydroxylation sites is 2. The molecule has 0 spiro atoms. The van der Waals surface area contributed by atoms with Crippen molar-refractivity contribution in [3.05, 3.63) is 93.2 Å². The fraction of sp³-hybridized carbons (Fsp3) is 0.160. The summed E-state index contributed by atoms with van der Waals surface area (Å²) in [6, 6.07) is 22.0. The van der Waals surface area contributed by atoms with Crippen molar-refractivity contribution >= 4 is 32.8 Å². The van der Waals surface area contributed by atoms with E-state index < -0.39 is 5.97 Å². The van der Waals surface area contributed by atoms with Crippen LogP contribution in [-0.4, -0.2) is 29.2 Å². The van der Waals surface area contributed by atoms with Crippen molar-refractivity contribution in [2.75, 3.05) is 13.7 Å². The third-order valence-corrected chi connectivity index (χ3v) is 5.57. The van der Waals surface area contributed by atoms with Crippen molar-refractivity contribution in [1.82, 2.24) is 9.55 Å². The predicted octanol–water partition coefficient (Wildman–Crippen LogP) is 5.08. The molecule has 0 unspecified atom stereocenters. The predicted molar refractivity (Wildman–Crippen MR) is 127 cm³/mol. The Kier molecular flexibility index (Phi) is 6.66. The van der Waals surface area contributed by atoms with Gasteiger partial charge in [-0.3, -0.25) is 9.36 Å². The Balaban J connectivity index is 1.60. The minimum atomic E-state index is -0.451. The SMILES string of the molecule is COC(=O)c1ccccc1OCCCn1c(-c2ccc(Br)cc2)nc2ccccc2c1=O. The van der Waals surface area contributed by atoms with Crippen LogP contribution in [0.4, 0.5) is 0 Å². The summed E-state index contributed by atoms with van der Waals surface area (Å²) in [5.74, 6) is 0.612. The summed E-state index contributed by atoms with van der Waals surface area (Å²) < 4.78 is 13.3. The zero-order chi connectivity index (χ0) is 22.5. The first kappa shape index (κ1) is 21.8. The molecule has 0 saturated carbocycles. The molecule has 0 N–H and O–H groups in total. The summed E-state index contributed by atoms with van der Waals surface area (Å²) in [6.45, 7) is 0.746. The summed E-state index contributed by atoms with van der Waals surface area (Å²) >= 11 is 3.45. The summed E-state index contributed by atoms with van der Waals surface area (Å²) in [4.78, 5) is 29.9. The van der Waals surface area contributed by atoms with Gasteiger partial charge in [0, 0.05) is 16.6 Å². The highest BCUT2D eigenvalue weighted by atomic mass is 79.9. The van der Waals surface area contributed by atoms with E-state index in [-0.39, 0.29) is 5.56 Å². The number of carbonyl (C=O) groups excluding carboxylic acids is 1. The van der Waals surface area contributed by atoms with Crippen LogP contribution in [0.25, 0.3) is 22.3 Å². The van der Waals surface area contributed by atoms with Crippen LogP contribution in [0.15, 0.2) is 82.1 Å². The maximum Gasteiger partial charge on any atom is 0.341 e. The number of rotatable bonds is 7. The molecule has 0 fully saturated rings. The molecule has 6 nitrogen and oxygen atoms in total. The van der Waals surface area contributed by atoms with E-state index in [9.17, 15) is 9.59 Å². The van der Waals surface area contributed by atoms with Crippen LogP contribution in [0, 0.1) is 0 Å². The second-order valence-corrected chi connectivity index (χ2v) is 8.02.